The summed E-state index contributed by atoms with van der Waals surface area (Å²) in [5.74, 6) is 0.999. The summed E-state index contributed by atoms with van der Waals surface area (Å²) in [4.78, 5) is 4.17. The molecule has 0 radical (unpaired) electrons. The first-order valence-corrected chi connectivity index (χ1v) is 6.16. The lowest BCUT2D eigenvalue weighted by molar-refractivity contribution is 0.452. The number of ether oxygens (including phenoxy) is 1. The van der Waals surface area contributed by atoms with E-state index in [1.54, 1.807) is 24.4 Å². The van der Waals surface area contributed by atoms with Gasteiger partial charge in [0, 0.05) is 27.8 Å². The number of hydrogen-bond acceptors (Lipinski definition) is 3. The molecule has 0 saturated carbocycles. The van der Waals surface area contributed by atoms with Crippen molar-refractivity contribution < 1.29 is 4.74 Å². The minimum Gasteiger partial charge on any atom is -0.439 e. The van der Waals surface area contributed by atoms with Crippen LogP contribution in [0.15, 0.2) is 36.5 Å². The molecule has 1 aromatic heterocycles. The molecule has 94 valence electrons. The maximum atomic E-state index is 5.91. The fourth-order valence-electron chi connectivity index (χ4n) is 1.53. The van der Waals surface area contributed by atoms with Crippen molar-refractivity contribution in [2.45, 2.75) is 13.0 Å². The molecule has 0 bridgehead atoms. The van der Waals surface area contributed by atoms with Crippen LogP contribution < -0.4 is 10.5 Å². The minimum atomic E-state index is -0.164. The molecule has 0 aliphatic heterocycles. The van der Waals surface area contributed by atoms with Crippen molar-refractivity contribution >= 4 is 23.2 Å². The summed E-state index contributed by atoms with van der Waals surface area (Å²) in [5, 5.41) is 1.02. The standard InChI is InChI=1S/C13H12Cl2N2O/c1-8(16)12-3-2-4-17-13(12)18-11-6-9(14)5-10(15)7-11/h2-8H,16H2,1H3. The van der Waals surface area contributed by atoms with Crippen LogP contribution in [0.2, 0.25) is 10.0 Å². The van der Waals surface area contributed by atoms with Crippen molar-refractivity contribution in [2.24, 2.45) is 5.73 Å². The third-order valence-electron chi connectivity index (χ3n) is 2.34. The number of nitrogens with zero attached hydrogens (tertiary/aromatic N) is 1. The van der Waals surface area contributed by atoms with Crippen molar-refractivity contribution in [2.75, 3.05) is 0 Å². The second-order valence-corrected chi connectivity index (χ2v) is 4.77. The normalized spacial score (nSPS) is 12.2. The van der Waals surface area contributed by atoms with Gasteiger partial charge in [0.2, 0.25) is 5.88 Å². The molecule has 2 N–H and O–H groups in total. The third-order valence-corrected chi connectivity index (χ3v) is 2.78. The zero-order valence-corrected chi connectivity index (χ0v) is 11.2. The molecule has 1 unspecified atom stereocenters. The van der Waals surface area contributed by atoms with E-state index in [-0.39, 0.29) is 6.04 Å². The second-order valence-electron chi connectivity index (χ2n) is 3.89. The van der Waals surface area contributed by atoms with E-state index in [2.05, 4.69) is 4.98 Å². The molecule has 0 aliphatic carbocycles. The summed E-state index contributed by atoms with van der Waals surface area (Å²) in [6.07, 6.45) is 1.65. The van der Waals surface area contributed by atoms with Crippen molar-refractivity contribution in [3.05, 3.63) is 52.1 Å². The van der Waals surface area contributed by atoms with Crippen LogP contribution in [-0.2, 0) is 0 Å². The van der Waals surface area contributed by atoms with Crippen LogP contribution in [0.5, 0.6) is 11.6 Å². The fraction of sp³-hybridized carbons (Fsp3) is 0.154. The predicted octanol–water partition coefficient (Wildman–Crippen LogP) is 4.20. The van der Waals surface area contributed by atoms with Crippen LogP contribution in [0.25, 0.3) is 0 Å². The van der Waals surface area contributed by atoms with E-state index >= 15 is 0 Å². The van der Waals surface area contributed by atoms with Gasteiger partial charge >= 0.3 is 0 Å². The molecular weight excluding hydrogens is 271 g/mol. The molecule has 3 nitrogen and oxygen atoms in total. The molecule has 1 atom stereocenters. The molecular formula is C13H12Cl2N2O. The summed E-state index contributed by atoms with van der Waals surface area (Å²) >= 11 is 11.8. The van der Waals surface area contributed by atoms with Gasteiger partial charge in [0.15, 0.2) is 0 Å². The van der Waals surface area contributed by atoms with Crippen molar-refractivity contribution in [1.82, 2.24) is 4.98 Å². The molecule has 0 saturated heterocycles. The molecule has 0 aliphatic rings. The molecule has 0 spiro atoms. The van der Waals surface area contributed by atoms with E-state index < -0.39 is 0 Å². The molecule has 18 heavy (non-hydrogen) atoms. The highest BCUT2D eigenvalue weighted by Gasteiger charge is 2.10. The van der Waals surface area contributed by atoms with Gasteiger partial charge in [-0.2, -0.15) is 0 Å². The molecule has 0 fully saturated rings. The molecule has 0 amide bonds. The minimum absolute atomic E-state index is 0.164. The van der Waals surface area contributed by atoms with E-state index in [1.807, 2.05) is 19.1 Å². The number of hydrogen-bond donors (Lipinski definition) is 1. The van der Waals surface area contributed by atoms with E-state index in [0.29, 0.717) is 21.7 Å². The lowest BCUT2D eigenvalue weighted by atomic mass is 10.1. The Kier molecular flexibility index (Phi) is 4.07. The Balaban J connectivity index is 2.34. The van der Waals surface area contributed by atoms with Gasteiger partial charge in [-0.1, -0.05) is 29.3 Å². The predicted molar refractivity (Wildman–Crippen MR) is 73.4 cm³/mol. The van der Waals surface area contributed by atoms with E-state index in [9.17, 15) is 0 Å². The van der Waals surface area contributed by atoms with Gasteiger partial charge in [-0.3, -0.25) is 0 Å². The summed E-state index contributed by atoms with van der Waals surface area (Å²) in [6.45, 7) is 1.87. The maximum absolute atomic E-state index is 5.91. The van der Waals surface area contributed by atoms with Crippen LogP contribution in [0.1, 0.15) is 18.5 Å². The largest absolute Gasteiger partial charge is 0.439 e. The quantitative estimate of drug-likeness (QED) is 0.918. The highest BCUT2D eigenvalue weighted by atomic mass is 35.5. The Hall–Kier alpha value is -1.29. The lowest BCUT2D eigenvalue weighted by Gasteiger charge is -2.12. The Morgan fingerprint density at radius 3 is 2.50 bits per heavy atom. The monoisotopic (exact) mass is 282 g/mol. The molecule has 1 aromatic carbocycles. The maximum Gasteiger partial charge on any atom is 0.223 e. The van der Waals surface area contributed by atoms with Crippen molar-refractivity contribution in [3.8, 4) is 11.6 Å². The summed E-state index contributed by atoms with van der Waals surface area (Å²) in [5.41, 5.74) is 6.68. The average molecular weight is 283 g/mol. The van der Waals surface area contributed by atoms with Gasteiger partial charge < -0.3 is 10.5 Å². The van der Waals surface area contributed by atoms with Gasteiger partial charge in [0.1, 0.15) is 5.75 Å². The zero-order valence-electron chi connectivity index (χ0n) is 9.73. The topological polar surface area (TPSA) is 48.1 Å². The molecule has 2 aromatic rings. The zero-order chi connectivity index (χ0) is 13.1. The van der Waals surface area contributed by atoms with Crippen LogP contribution in [0.3, 0.4) is 0 Å². The van der Waals surface area contributed by atoms with Crippen LogP contribution in [-0.4, -0.2) is 4.98 Å². The summed E-state index contributed by atoms with van der Waals surface area (Å²) in [7, 11) is 0. The average Bonchev–Trinajstić information content (AvgIpc) is 2.27. The summed E-state index contributed by atoms with van der Waals surface area (Å²) < 4.78 is 5.67. The third kappa shape index (κ3) is 3.13. The Morgan fingerprint density at radius 1 is 1.22 bits per heavy atom. The number of pyridine rings is 1. The van der Waals surface area contributed by atoms with Crippen molar-refractivity contribution in [1.29, 1.82) is 0 Å². The fourth-order valence-corrected chi connectivity index (χ4v) is 2.04. The first kappa shape index (κ1) is 13.1. The SMILES string of the molecule is CC(N)c1cccnc1Oc1cc(Cl)cc(Cl)c1. The molecule has 2 rings (SSSR count). The Bertz CT molecular complexity index is 538. The van der Waals surface area contributed by atoms with E-state index in [0.717, 1.165) is 5.56 Å². The number of aromatic nitrogens is 1. The van der Waals surface area contributed by atoms with Gasteiger partial charge in [0.25, 0.3) is 0 Å². The van der Waals surface area contributed by atoms with E-state index in [1.165, 1.54) is 0 Å². The summed E-state index contributed by atoms with van der Waals surface area (Å²) in [6, 6.07) is 8.51. The number of benzene rings is 1. The van der Waals surface area contributed by atoms with Gasteiger partial charge in [-0.25, -0.2) is 4.98 Å². The van der Waals surface area contributed by atoms with E-state index in [4.69, 9.17) is 33.7 Å². The first-order chi connectivity index (χ1) is 8.56. The smallest absolute Gasteiger partial charge is 0.223 e. The lowest BCUT2D eigenvalue weighted by Crippen LogP contribution is -2.07. The van der Waals surface area contributed by atoms with Crippen LogP contribution in [0, 0.1) is 0 Å². The molecule has 1 heterocycles. The highest BCUT2D eigenvalue weighted by molar-refractivity contribution is 6.34. The van der Waals surface area contributed by atoms with Gasteiger partial charge in [-0.05, 0) is 31.2 Å². The van der Waals surface area contributed by atoms with Gasteiger partial charge in [0.05, 0.1) is 0 Å². The number of halogens is 2. The van der Waals surface area contributed by atoms with Crippen molar-refractivity contribution in [3.63, 3.8) is 0 Å². The number of nitrogens with two attached hydrogens (primary N) is 1. The highest BCUT2D eigenvalue weighted by Crippen LogP contribution is 2.30. The first-order valence-electron chi connectivity index (χ1n) is 5.40. The number of rotatable bonds is 3. The Labute approximate surface area is 115 Å². The molecule has 5 heteroatoms. The van der Waals surface area contributed by atoms with Gasteiger partial charge in [-0.15, -0.1) is 0 Å². The van der Waals surface area contributed by atoms with Crippen LogP contribution >= 0.6 is 23.2 Å². The van der Waals surface area contributed by atoms with Crippen LogP contribution in [0.4, 0.5) is 0 Å². The Morgan fingerprint density at radius 2 is 1.89 bits per heavy atom. The second kappa shape index (κ2) is 5.57.